The van der Waals surface area contributed by atoms with Crippen molar-refractivity contribution in [2.75, 3.05) is 13.7 Å². The Bertz CT molecular complexity index is 422. The summed E-state index contributed by atoms with van der Waals surface area (Å²) in [5.41, 5.74) is 0.905. The second-order valence-corrected chi connectivity index (χ2v) is 6.06. The Morgan fingerprint density at radius 3 is 2.82 bits per heavy atom. The van der Waals surface area contributed by atoms with Gasteiger partial charge in [0.2, 0.25) is 0 Å². The van der Waals surface area contributed by atoms with E-state index in [1.807, 2.05) is 19.9 Å². The van der Waals surface area contributed by atoms with E-state index in [1.165, 1.54) is 13.5 Å². The molecule has 0 amide bonds. The van der Waals surface area contributed by atoms with Crippen LogP contribution in [0.4, 0.5) is 0 Å². The Kier molecular flexibility index (Phi) is 5.55. The molecular formula is C10H15N2O3PS. The molecule has 0 N–H and O–H groups in total. The Morgan fingerprint density at radius 1 is 1.53 bits per heavy atom. The molecule has 0 saturated carbocycles. The maximum atomic E-state index is 5.56. The second kappa shape index (κ2) is 6.69. The summed E-state index contributed by atoms with van der Waals surface area (Å²) in [5, 5.41) is 0. The molecule has 1 aromatic rings. The first-order valence-electron chi connectivity index (χ1n) is 5.03. The minimum Gasteiger partial charge on any atom is -0.486 e. The molecule has 5 nitrogen and oxygen atoms in total. The van der Waals surface area contributed by atoms with Crippen LogP contribution in [0, 0.1) is 6.92 Å². The zero-order valence-electron chi connectivity index (χ0n) is 9.99. The van der Waals surface area contributed by atoms with E-state index in [-0.39, 0.29) is 0 Å². The number of aryl methyl sites for hydroxylation is 1. The van der Waals surface area contributed by atoms with Crippen LogP contribution in [0.2, 0.25) is 0 Å². The molecule has 0 bridgehead atoms. The first kappa shape index (κ1) is 14.1. The molecule has 0 saturated heterocycles. The highest BCUT2D eigenvalue weighted by atomic mass is 32.5. The van der Waals surface area contributed by atoms with E-state index < -0.39 is 6.64 Å². The summed E-state index contributed by atoms with van der Waals surface area (Å²) >= 11 is 5.24. The third-order valence-corrected chi connectivity index (χ3v) is 3.92. The molecule has 0 spiro atoms. The molecule has 0 aliphatic rings. The highest BCUT2D eigenvalue weighted by Crippen LogP contribution is 2.49. The number of nitrogens with zero attached hydrogens (tertiary/aromatic N) is 2. The van der Waals surface area contributed by atoms with E-state index >= 15 is 0 Å². The SMILES string of the molecule is CCOP(=S)(N=COC)Oc1ccc(C)nc1. The van der Waals surface area contributed by atoms with Crippen LogP contribution >= 0.6 is 6.64 Å². The van der Waals surface area contributed by atoms with Gasteiger partial charge in [-0.2, -0.15) is 4.76 Å². The van der Waals surface area contributed by atoms with E-state index in [0.29, 0.717) is 12.4 Å². The van der Waals surface area contributed by atoms with Crippen LogP contribution in [-0.4, -0.2) is 25.1 Å². The van der Waals surface area contributed by atoms with Gasteiger partial charge < -0.3 is 13.8 Å². The predicted molar refractivity (Wildman–Crippen MR) is 71.0 cm³/mol. The van der Waals surface area contributed by atoms with E-state index in [1.54, 1.807) is 12.3 Å². The Labute approximate surface area is 106 Å². The molecule has 1 aromatic heterocycles. The zero-order chi connectivity index (χ0) is 12.7. The van der Waals surface area contributed by atoms with Crippen LogP contribution in [0.1, 0.15) is 12.6 Å². The Morgan fingerprint density at radius 2 is 2.29 bits per heavy atom. The van der Waals surface area contributed by atoms with Gasteiger partial charge >= 0.3 is 6.64 Å². The number of aromatic nitrogens is 1. The molecule has 1 atom stereocenters. The quantitative estimate of drug-likeness (QED) is 0.453. The topological polar surface area (TPSA) is 52.9 Å². The van der Waals surface area contributed by atoms with Crippen molar-refractivity contribution in [1.82, 2.24) is 4.98 Å². The fourth-order valence-corrected chi connectivity index (χ4v) is 2.76. The van der Waals surface area contributed by atoms with Crippen LogP contribution in [0.25, 0.3) is 0 Å². The molecule has 1 unspecified atom stereocenters. The van der Waals surface area contributed by atoms with E-state index in [4.69, 9.17) is 25.6 Å². The standard InChI is InChI=1S/C10H15N2O3PS/c1-4-14-16(17,12-8-13-3)15-10-6-5-9(2)11-7-10/h5-8H,4H2,1-3H3. The van der Waals surface area contributed by atoms with Gasteiger partial charge in [0.25, 0.3) is 0 Å². The lowest BCUT2D eigenvalue weighted by atomic mass is 10.4. The van der Waals surface area contributed by atoms with Crippen molar-refractivity contribution in [3.63, 3.8) is 0 Å². The van der Waals surface area contributed by atoms with Crippen molar-refractivity contribution in [2.24, 2.45) is 4.76 Å². The molecule has 0 aliphatic heterocycles. The highest BCUT2D eigenvalue weighted by molar-refractivity contribution is 8.09. The van der Waals surface area contributed by atoms with Crippen LogP contribution < -0.4 is 4.52 Å². The molecule has 0 aliphatic carbocycles. The number of methoxy groups -OCH3 is 1. The molecule has 94 valence electrons. The van der Waals surface area contributed by atoms with Crippen LogP contribution in [0.5, 0.6) is 5.75 Å². The van der Waals surface area contributed by atoms with Crippen molar-refractivity contribution < 1.29 is 13.8 Å². The summed E-state index contributed by atoms with van der Waals surface area (Å²) in [5.74, 6) is 0.542. The van der Waals surface area contributed by atoms with Gasteiger partial charge in [0.1, 0.15) is 5.75 Å². The van der Waals surface area contributed by atoms with Gasteiger partial charge in [0.15, 0.2) is 6.40 Å². The van der Waals surface area contributed by atoms with Crippen molar-refractivity contribution in [3.8, 4) is 5.75 Å². The number of pyridine rings is 1. The van der Waals surface area contributed by atoms with Gasteiger partial charge in [-0.15, -0.1) is 0 Å². The summed E-state index contributed by atoms with van der Waals surface area (Å²) in [6.45, 7) is 1.42. The van der Waals surface area contributed by atoms with Crippen molar-refractivity contribution in [1.29, 1.82) is 0 Å². The van der Waals surface area contributed by atoms with Crippen molar-refractivity contribution in [2.45, 2.75) is 13.8 Å². The van der Waals surface area contributed by atoms with Gasteiger partial charge in [0, 0.05) is 17.5 Å². The van der Waals surface area contributed by atoms with Gasteiger partial charge in [-0.25, -0.2) is 0 Å². The molecule has 17 heavy (non-hydrogen) atoms. The fourth-order valence-electron chi connectivity index (χ4n) is 0.993. The highest BCUT2D eigenvalue weighted by Gasteiger charge is 2.18. The molecule has 1 rings (SSSR count). The zero-order valence-corrected chi connectivity index (χ0v) is 11.7. The molecular weight excluding hydrogens is 259 g/mol. The summed E-state index contributed by atoms with van der Waals surface area (Å²) < 4.78 is 19.6. The smallest absolute Gasteiger partial charge is 0.363 e. The maximum Gasteiger partial charge on any atom is 0.363 e. The summed E-state index contributed by atoms with van der Waals surface area (Å²) in [6.07, 6.45) is 2.83. The summed E-state index contributed by atoms with van der Waals surface area (Å²) in [6, 6.07) is 3.62. The van der Waals surface area contributed by atoms with Crippen LogP contribution in [0.15, 0.2) is 23.1 Å². The normalized spacial score (nSPS) is 14.5. The van der Waals surface area contributed by atoms with Crippen LogP contribution in [-0.2, 0) is 21.1 Å². The number of hydrogen-bond acceptors (Lipinski definition) is 5. The lowest BCUT2D eigenvalue weighted by molar-refractivity contribution is 0.330. The summed E-state index contributed by atoms with van der Waals surface area (Å²) in [4.78, 5) is 4.11. The maximum absolute atomic E-state index is 5.56. The fraction of sp³-hybridized carbons (Fsp3) is 0.400. The minimum absolute atomic E-state index is 0.428. The lowest BCUT2D eigenvalue weighted by Crippen LogP contribution is -1.97. The predicted octanol–water partition coefficient (Wildman–Crippen LogP) is 2.70. The third-order valence-electron chi connectivity index (χ3n) is 1.69. The van der Waals surface area contributed by atoms with Crippen LogP contribution in [0.3, 0.4) is 0 Å². The average Bonchev–Trinajstić information content (AvgIpc) is 2.30. The molecule has 7 heteroatoms. The Hall–Kier alpha value is -0.970. The van der Waals surface area contributed by atoms with Crippen molar-refractivity contribution >= 4 is 24.8 Å². The number of rotatable bonds is 6. The van der Waals surface area contributed by atoms with E-state index in [2.05, 4.69) is 9.75 Å². The first-order valence-corrected chi connectivity index (χ1v) is 7.62. The Balaban J connectivity index is 2.82. The second-order valence-electron chi connectivity index (χ2n) is 3.07. The molecule has 0 fully saturated rings. The number of hydrogen-bond donors (Lipinski definition) is 0. The number of ether oxygens (including phenoxy) is 1. The van der Waals surface area contributed by atoms with Gasteiger partial charge in [-0.05, 0) is 26.0 Å². The van der Waals surface area contributed by atoms with E-state index in [9.17, 15) is 0 Å². The summed E-state index contributed by atoms with van der Waals surface area (Å²) in [7, 11) is 1.49. The molecule has 1 heterocycles. The third kappa shape index (κ3) is 4.81. The van der Waals surface area contributed by atoms with Gasteiger partial charge in [-0.3, -0.25) is 4.98 Å². The first-order chi connectivity index (χ1) is 8.09. The lowest BCUT2D eigenvalue weighted by Gasteiger charge is -2.16. The molecule has 0 aromatic carbocycles. The molecule has 0 radical (unpaired) electrons. The largest absolute Gasteiger partial charge is 0.486 e. The monoisotopic (exact) mass is 274 g/mol. The average molecular weight is 274 g/mol. The van der Waals surface area contributed by atoms with Crippen molar-refractivity contribution in [3.05, 3.63) is 24.0 Å². The van der Waals surface area contributed by atoms with E-state index in [0.717, 1.165) is 5.69 Å². The van der Waals surface area contributed by atoms with Gasteiger partial charge in [0.05, 0.1) is 19.9 Å². The van der Waals surface area contributed by atoms with Gasteiger partial charge in [-0.1, -0.05) is 0 Å². The minimum atomic E-state index is -2.74.